The second kappa shape index (κ2) is 8.85. The topological polar surface area (TPSA) is 69.6 Å². The maximum Gasteiger partial charge on any atom is 0.326 e. The SMILES string of the molecule is C=CCN(C(=O)N[C@@H](CCSC)C(=O)O)C(C)C. The van der Waals surface area contributed by atoms with Gasteiger partial charge in [-0.3, -0.25) is 0 Å². The lowest BCUT2D eigenvalue weighted by Crippen LogP contribution is -2.50. The van der Waals surface area contributed by atoms with Crippen LogP contribution < -0.4 is 5.32 Å². The van der Waals surface area contributed by atoms with Gasteiger partial charge in [-0.1, -0.05) is 6.08 Å². The van der Waals surface area contributed by atoms with Crippen molar-refractivity contribution in [1.82, 2.24) is 10.2 Å². The number of rotatable bonds is 8. The Kier molecular flexibility index (Phi) is 8.28. The van der Waals surface area contributed by atoms with Gasteiger partial charge in [0, 0.05) is 12.6 Å². The standard InChI is InChI=1S/C12H22N2O3S/c1-5-7-14(9(2)3)12(17)13-10(11(15)16)6-8-18-4/h5,9-10H,1,6-8H2,2-4H3,(H,13,17)(H,15,16)/t10-/m0/s1. The zero-order valence-electron chi connectivity index (χ0n) is 11.2. The molecule has 5 nitrogen and oxygen atoms in total. The van der Waals surface area contributed by atoms with Gasteiger partial charge in [-0.25, -0.2) is 9.59 Å². The summed E-state index contributed by atoms with van der Waals surface area (Å²) in [6.07, 6.45) is 3.94. The fourth-order valence-electron chi connectivity index (χ4n) is 1.39. The van der Waals surface area contributed by atoms with Crippen LogP contribution in [0, 0.1) is 0 Å². The highest BCUT2D eigenvalue weighted by Crippen LogP contribution is 2.04. The Bertz CT molecular complexity index is 295. The maximum absolute atomic E-state index is 11.9. The zero-order valence-corrected chi connectivity index (χ0v) is 12.0. The maximum atomic E-state index is 11.9. The van der Waals surface area contributed by atoms with Crippen molar-refractivity contribution in [3.63, 3.8) is 0 Å². The molecule has 0 fully saturated rings. The lowest BCUT2D eigenvalue weighted by Gasteiger charge is -2.27. The molecule has 0 aliphatic carbocycles. The molecule has 0 aliphatic heterocycles. The molecule has 0 radical (unpaired) electrons. The van der Waals surface area contributed by atoms with Crippen molar-refractivity contribution in [2.75, 3.05) is 18.6 Å². The Balaban J connectivity index is 4.54. The quantitative estimate of drug-likeness (QED) is 0.662. The Morgan fingerprint density at radius 2 is 2.11 bits per heavy atom. The van der Waals surface area contributed by atoms with Crippen LogP contribution in [0.2, 0.25) is 0 Å². The lowest BCUT2D eigenvalue weighted by atomic mass is 10.2. The van der Waals surface area contributed by atoms with Gasteiger partial charge in [0.1, 0.15) is 6.04 Å². The molecule has 0 saturated heterocycles. The van der Waals surface area contributed by atoms with Crippen LogP contribution in [-0.2, 0) is 4.79 Å². The molecule has 0 heterocycles. The van der Waals surface area contributed by atoms with E-state index in [9.17, 15) is 9.59 Å². The van der Waals surface area contributed by atoms with Crippen molar-refractivity contribution in [2.45, 2.75) is 32.4 Å². The van der Waals surface area contributed by atoms with Crippen LogP contribution in [-0.4, -0.2) is 52.6 Å². The van der Waals surface area contributed by atoms with Gasteiger partial charge >= 0.3 is 12.0 Å². The van der Waals surface area contributed by atoms with E-state index in [2.05, 4.69) is 11.9 Å². The first kappa shape index (κ1) is 16.8. The number of nitrogens with one attached hydrogen (secondary N) is 1. The van der Waals surface area contributed by atoms with E-state index in [4.69, 9.17) is 5.11 Å². The van der Waals surface area contributed by atoms with Gasteiger partial charge in [0.15, 0.2) is 0 Å². The molecular formula is C12H22N2O3S. The Hall–Kier alpha value is -1.17. The zero-order chi connectivity index (χ0) is 14.1. The smallest absolute Gasteiger partial charge is 0.326 e. The van der Waals surface area contributed by atoms with Crippen LogP contribution in [0.25, 0.3) is 0 Å². The van der Waals surface area contributed by atoms with Crippen molar-refractivity contribution < 1.29 is 14.7 Å². The van der Waals surface area contributed by atoms with Gasteiger partial charge in [0.25, 0.3) is 0 Å². The third kappa shape index (κ3) is 5.95. The largest absolute Gasteiger partial charge is 0.480 e. The molecule has 0 aliphatic rings. The Labute approximate surface area is 113 Å². The third-order valence-electron chi connectivity index (χ3n) is 2.42. The molecule has 0 aromatic rings. The predicted molar refractivity (Wildman–Crippen MR) is 75.0 cm³/mol. The van der Waals surface area contributed by atoms with Gasteiger partial charge in [0.2, 0.25) is 0 Å². The summed E-state index contributed by atoms with van der Waals surface area (Å²) in [4.78, 5) is 24.5. The molecule has 18 heavy (non-hydrogen) atoms. The summed E-state index contributed by atoms with van der Waals surface area (Å²) in [5, 5.41) is 11.6. The minimum atomic E-state index is -1.00. The van der Waals surface area contributed by atoms with Crippen LogP contribution in [0.1, 0.15) is 20.3 Å². The van der Waals surface area contributed by atoms with E-state index < -0.39 is 12.0 Å². The van der Waals surface area contributed by atoms with E-state index in [0.717, 1.165) is 0 Å². The van der Waals surface area contributed by atoms with Crippen LogP contribution in [0.5, 0.6) is 0 Å². The number of aliphatic carboxylic acids is 1. The summed E-state index contributed by atoms with van der Waals surface area (Å²) in [7, 11) is 0. The van der Waals surface area contributed by atoms with E-state index >= 15 is 0 Å². The molecule has 1 atom stereocenters. The molecule has 6 heteroatoms. The first-order valence-corrected chi connectivity index (χ1v) is 7.23. The number of carboxylic acid groups (broad SMARTS) is 1. The molecule has 0 unspecified atom stereocenters. The first-order chi connectivity index (χ1) is 8.43. The summed E-state index contributed by atoms with van der Waals surface area (Å²) < 4.78 is 0. The number of carbonyl (C=O) groups is 2. The monoisotopic (exact) mass is 274 g/mol. The molecule has 0 spiro atoms. The molecule has 0 bridgehead atoms. The average Bonchev–Trinajstić information content (AvgIpc) is 2.30. The predicted octanol–water partition coefficient (Wildman–Crippen LogP) is 1.80. The van der Waals surface area contributed by atoms with Crippen LogP contribution in [0.4, 0.5) is 4.79 Å². The molecule has 0 aromatic carbocycles. The molecule has 104 valence electrons. The molecule has 2 amide bonds. The number of urea groups is 1. The second-order valence-electron chi connectivity index (χ2n) is 4.16. The fraction of sp³-hybridized carbons (Fsp3) is 0.667. The first-order valence-electron chi connectivity index (χ1n) is 5.83. The minimum absolute atomic E-state index is 0.00186. The summed E-state index contributed by atoms with van der Waals surface area (Å²) >= 11 is 1.55. The van der Waals surface area contributed by atoms with Crippen molar-refractivity contribution in [3.05, 3.63) is 12.7 Å². The number of amides is 2. The molecule has 0 rings (SSSR count). The number of hydrogen-bond donors (Lipinski definition) is 2. The number of carboxylic acids is 1. The summed E-state index contributed by atoms with van der Waals surface area (Å²) in [6, 6.07) is -1.20. The summed E-state index contributed by atoms with van der Waals surface area (Å²) in [6.45, 7) is 7.74. The number of hydrogen-bond acceptors (Lipinski definition) is 3. The highest BCUT2D eigenvalue weighted by molar-refractivity contribution is 7.98. The van der Waals surface area contributed by atoms with Gasteiger partial charge < -0.3 is 15.3 Å². The van der Waals surface area contributed by atoms with Gasteiger partial charge in [-0.05, 0) is 32.3 Å². The molecule has 0 aromatic heterocycles. The average molecular weight is 274 g/mol. The Morgan fingerprint density at radius 1 is 1.50 bits per heavy atom. The normalized spacial score (nSPS) is 12.0. The Morgan fingerprint density at radius 3 is 2.50 bits per heavy atom. The highest BCUT2D eigenvalue weighted by Gasteiger charge is 2.23. The third-order valence-corrected chi connectivity index (χ3v) is 3.06. The number of carbonyl (C=O) groups excluding carboxylic acids is 1. The summed E-state index contributed by atoms with van der Waals surface area (Å²) in [5.41, 5.74) is 0. The number of nitrogens with zero attached hydrogens (tertiary/aromatic N) is 1. The van der Waals surface area contributed by atoms with Crippen LogP contribution >= 0.6 is 11.8 Å². The van der Waals surface area contributed by atoms with Crippen molar-refractivity contribution in [2.24, 2.45) is 0 Å². The number of thioether (sulfide) groups is 1. The van der Waals surface area contributed by atoms with Gasteiger partial charge in [-0.2, -0.15) is 11.8 Å². The van der Waals surface area contributed by atoms with Crippen molar-refractivity contribution in [3.8, 4) is 0 Å². The molecule has 2 N–H and O–H groups in total. The van der Waals surface area contributed by atoms with E-state index in [-0.39, 0.29) is 12.1 Å². The van der Waals surface area contributed by atoms with Crippen LogP contribution in [0.3, 0.4) is 0 Å². The van der Waals surface area contributed by atoms with E-state index in [1.807, 2.05) is 20.1 Å². The van der Waals surface area contributed by atoms with Crippen molar-refractivity contribution >= 4 is 23.8 Å². The van der Waals surface area contributed by atoms with Crippen LogP contribution in [0.15, 0.2) is 12.7 Å². The van der Waals surface area contributed by atoms with Gasteiger partial charge in [-0.15, -0.1) is 6.58 Å². The van der Waals surface area contributed by atoms with Crippen molar-refractivity contribution in [1.29, 1.82) is 0 Å². The van der Waals surface area contributed by atoms with E-state index in [1.54, 1.807) is 22.7 Å². The summed E-state index contributed by atoms with van der Waals surface area (Å²) in [5.74, 6) is -0.305. The van der Waals surface area contributed by atoms with E-state index in [0.29, 0.717) is 18.7 Å². The van der Waals surface area contributed by atoms with Gasteiger partial charge in [0.05, 0.1) is 0 Å². The minimum Gasteiger partial charge on any atom is -0.480 e. The van der Waals surface area contributed by atoms with E-state index in [1.165, 1.54) is 0 Å². The highest BCUT2D eigenvalue weighted by atomic mass is 32.2. The molecule has 0 saturated carbocycles. The second-order valence-corrected chi connectivity index (χ2v) is 5.14. The fourth-order valence-corrected chi connectivity index (χ4v) is 1.86. The lowest BCUT2D eigenvalue weighted by molar-refractivity contribution is -0.139. The molecular weight excluding hydrogens is 252 g/mol.